The molecule has 0 aliphatic carbocycles. The van der Waals surface area contributed by atoms with Gasteiger partial charge in [-0.05, 0) is 37.9 Å². The minimum absolute atomic E-state index is 0.300. The number of aryl methyl sites for hydroxylation is 1. The predicted molar refractivity (Wildman–Crippen MR) is 98.0 cm³/mol. The molecule has 4 nitrogen and oxygen atoms in total. The second-order valence-electron chi connectivity index (χ2n) is 6.31. The lowest BCUT2D eigenvalue weighted by atomic mass is 10.0. The fourth-order valence-electron chi connectivity index (χ4n) is 3.21. The van der Waals surface area contributed by atoms with Crippen LogP contribution in [0.15, 0.2) is 54.6 Å². The van der Waals surface area contributed by atoms with Crippen LogP contribution in [0.4, 0.5) is 0 Å². The van der Waals surface area contributed by atoms with Crippen LogP contribution in [-0.4, -0.2) is 26.2 Å². The van der Waals surface area contributed by atoms with Crippen molar-refractivity contribution < 1.29 is 4.74 Å². The van der Waals surface area contributed by atoms with E-state index < -0.39 is 0 Å². The van der Waals surface area contributed by atoms with E-state index in [-0.39, 0.29) is 0 Å². The summed E-state index contributed by atoms with van der Waals surface area (Å²) >= 11 is 0. The van der Waals surface area contributed by atoms with Crippen LogP contribution in [0.1, 0.15) is 30.0 Å². The molecule has 2 atom stereocenters. The maximum absolute atomic E-state index is 6.08. The van der Waals surface area contributed by atoms with Gasteiger partial charge < -0.3 is 10.1 Å². The zero-order chi connectivity index (χ0) is 16.6. The third-order valence-electron chi connectivity index (χ3n) is 4.44. The van der Waals surface area contributed by atoms with Crippen LogP contribution in [0, 0.1) is 0 Å². The van der Waals surface area contributed by atoms with E-state index in [1.165, 1.54) is 11.1 Å². The van der Waals surface area contributed by atoms with Gasteiger partial charge in [0, 0.05) is 18.2 Å². The number of hydrazine groups is 1. The summed E-state index contributed by atoms with van der Waals surface area (Å²) in [5.41, 5.74) is 9.35. The van der Waals surface area contributed by atoms with E-state index in [0.29, 0.717) is 12.1 Å². The summed E-state index contributed by atoms with van der Waals surface area (Å²) in [4.78, 5) is 0. The smallest absolute Gasteiger partial charge is 0.124 e. The number of likely N-dealkylation sites (N-methyl/N-ethyl adjacent to an activating group) is 1. The topological polar surface area (TPSA) is 45.3 Å². The predicted octanol–water partition coefficient (Wildman–Crippen LogP) is 2.83. The summed E-state index contributed by atoms with van der Waals surface area (Å²) in [7, 11) is 1.98. The second kappa shape index (κ2) is 8.83. The Bertz CT molecular complexity index is 617. The van der Waals surface area contributed by atoms with E-state index >= 15 is 0 Å². The molecule has 2 aromatic carbocycles. The van der Waals surface area contributed by atoms with E-state index in [2.05, 4.69) is 64.7 Å². The van der Waals surface area contributed by atoms with Crippen LogP contribution in [0.25, 0.3) is 0 Å². The van der Waals surface area contributed by atoms with Crippen molar-refractivity contribution in [3.8, 4) is 5.75 Å². The van der Waals surface area contributed by atoms with Crippen molar-refractivity contribution in [1.82, 2.24) is 16.2 Å². The van der Waals surface area contributed by atoms with Gasteiger partial charge in [0.25, 0.3) is 0 Å². The molecule has 0 saturated carbocycles. The maximum Gasteiger partial charge on any atom is 0.124 e. The zero-order valence-corrected chi connectivity index (χ0v) is 14.3. The van der Waals surface area contributed by atoms with Gasteiger partial charge >= 0.3 is 0 Å². The largest absolute Gasteiger partial charge is 0.493 e. The van der Waals surface area contributed by atoms with Gasteiger partial charge in [0.2, 0.25) is 0 Å². The number of ether oxygens (including phenoxy) is 1. The number of para-hydroxylation sites is 1. The summed E-state index contributed by atoms with van der Waals surface area (Å²) in [5.74, 6) is 0.995. The lowest BCUT2D eigenvalue weighted by Crippen LogP contribution is -2.36. The van der Waals surface area contributed by atoms with Crippen molar-refractivity contribution in [2.45, 2.75) is 31.3 Å². The zero-order valence-electron chi connectivity index (χ0n) is 14.3. The standard InChI is InChI=1S/C20H27N3O/c1-21-15-17-14-19(23-22-17)18-11-5-6-12-20(18)24-13-7-10-16-8-3-2-4-9-16/h2-6,8-9,11-12,17,19,21-23H,7,10,13-15H2,1H3. The minimum atomic E-state index is 0.300. The Morgan fingerprint density at radius 2 is 1.83 bits per heavy atom. The van der Waals surface area contributed by atoms with Gasteiger partial charge in [0.1, 0.15) is 5.75 Å². The van der Waals surface area contributed by atoms with E-state index in [0.717, 1.165) is 38.2 Å². The summed E-state index contributed by atoms with van der Waals surface area (Å²) in [5, 5.41) is 3.22. The average molecular weight is 325 g/mol. The van der Waals surface area contributed by atoms with Crippen LogP contribution in [0.2, 0.25) is 0 Å². The molecule has 1 heterocycles. The quantitative estimate of drug-likeness (QED) is 0.653. The van der Waals surface area contributed by atoms with E-state index in [1.807, 2.05) is 13.1 Å². The fraction of sp³-hybridized carbons (Fsp3) is 0.400. The Labute approximate surface area is 144 Å². The van der Waals surface area contributed by atoms with Crippen LogP contribution in [-0.2, 0) is 6.42 Å². The Balaban J connectivity index is 1.53. The maximum atomic E-state index is 6.08. The molecule has 3 rings (SSSR count). The highest BCUT2D eigenvalue weighted by atomic mass is 16.5. The summed E-state index contributed by atoms with van der Waals surface area (Å²) < 4.78 is 6.08. The molecule has 1 saturated heterocycles. The van der Waals surface area contributed by atoms with Crippen molar-refractivity contribution >= 4 is 0 Å². The van der Waals surface area contributed by atoms with Crippen molar-refractivity contribution in [1.29, 1.82) is 0 Å². The first kappa shape index (κ1) is 17.0. The van der Waals surface area contributed by atoms with Gasteiger partial charge in [-0.25, -0.2) is 5.43 Å². The van der Waals surface area contributed by atoms with Crippen molar-refractivity contribution in [2.24, 2.45) is 0 Å². The molecule has 1 aliphatic heterocycles. The third-order valence-corrected chi connectivity index (χ3v) is 4.44. The first-order chi connectivity index (χ1) is 11.9. The van der Waals surface area contributed by atoms with Crippen molar-refractivity contribution in [2.75, 3.05) is 20.2 Å². The number of hydrogen-bond acceptors (Lipinski definition) is 4. The molecule has 3 N–H and O–H groups in total. The average Bonchev–Trinajstić information content (AvgIpc) is 3.09. The molecule has 0 amide bonds. The van der Waals surface area contributed by atoms with E-state index in [9.17, 15) is 0 Å². The highest BCUT2D eigenvalue weighted by molar-refractivity contribution is 5.36. The van der Waals surface area contributed by atoms with Gasteiger partial charge in [-0.3, -0.25) is 5.43 Å². The fourth-order valence-corrected chi connectivity index (χ4v) is 3.21. The van der Waals surface area contributed by atoms with Gasteiger partial charge in [-0.15, -0.1) is 0 Å². The van der Waals surface area contributed by atoms with Crippen LogP contribution in [0.5, 0.6) is 5.75 Å². The number of rotatable bonds is 8. The summed E-state index contributed by atoms with van der Waals surface area (Å²) in [6.45, 7) is 1.70. The molecular formula is C20H27N3O. The first-order valence-electron chi connectivity index (χ1n) is 8.78. The van der Waals surface area contributed by atoms with Gasteiger partial charge in [0.15, 0.2) is 0 Å². The molecular weight excluding hydrogens is 298 g/mol. The van der Waals surface area contributed by atoms with E-state index in [4.69, 9.17) is 4.74 Å². The Hall–Kier alpha value is -1.88. The lowest BCUT2D eigenvalue weighted by Gasteiger charge is -2.16. The van der Waals surface area contributed by atoms with Crippen LogP contribution in [0.3, 0.4) is 0 Å². The number of nitrogens with one attached hydrogen (secondary N) is 3. The molecule has 128 valence electrons. The second-order valence-corrected chi connectivity index (χ2v) is 6.31. The van der Waals surface area contributed by atoms with Crippen LogP contribution >= 0.6 is 0 Å². The molecule has 24 heavy (non-hydrogen) atoms. The Kier molecular flexibility index (Phi) is 6.24. The van der Waals surface area contributed by atoms with E-state index in [1.54, 1.807) is 0 Å². The molecule has 1 fully saturated rings. The highest BCUT2D eigenvalue weighted by Crippen LogP contribution is 2.30. The summed E-state index contributed by atoms with van der Waals surface area (Å²) in [6, 6.07) is 19.7. The molecule has 0 bridgehead atoms. The SMILES string of the molecule is CNCC1CC(c2ccccc2OCCCc2ccccc2)NN1. The lowest BCUT2D eigenvalue weighted by molar-refractivity contribution is 0.304. The molecule has 4 heteroatoms. The van der Waals surface area contributed by atoms with Gasteiger partial charge in [-0.1, -0.05) is 48.5 Å². The molecule has 2 unspecified atom stereocenters. The Morgan fingerprint density at radius 3 is 2.67 bits per heavy atom. The molecule has 0 radical (unpaired) electrons. The van der Waals surface area contributed by atoms with Gasteiger partial charge in [-0.2, -0.15) is 0 Å². The monoisotopic (exact) mass is 325 g/mol. The normalized spacial score (nSPS) is 20.2. The third kappa shape index (κ3) is 4.57. The minimum Gasteiger partial charge on any atom is -0.493 e. The summed E-state index contributed by atoms with van der Waals surface area (Å²) in [6.07, 6.45) is 3.14. The molecule has 2 aromatic rings. The van der Waals surface area contributed by atoms with Crippen molar-refractivity contribution in [3.05, 3.63) is 65.7 Å². The first-order valence-corrected chi connectivity index (χ1v) is 8.78. The highest BCUT2D eigenvalue weighted by Gasteiger charge is 2.26. The molecule has 1 aliphatic rings. The van der Waals surface area contributed by atoms with Gasteiger partial charge in [0.05, 0.1) is 12.6 Å². The number of hydrogen-bond donors (Lipinski definition) is 3. The molecule has 0 aromatic heterocycles. The van der Waals surface area contributed by atoms with Crippen molar-refractivity contribution in [3.63, 3.8) is 0 Å². The molecule has 0 spiro atoms. The Morgan fingerprint density at radius 1 is 1.04 bits per heavy atom. The number of benzene rings is 2. The van der Waals surface area contributed by atoms with Crippen LogP contribution < -0.4 is 20.9 Å².